The number of thiophene rings is 1. The summed E-state index contributed by atoms with van der Waals surface area (Å²) in [5.74, 6) is -1.59. The van der Waals surface area contributed by atoms with Crippen molar-refractivity contribution in [3.05, 3.63) is 51.7 Å². The van der Waals surface area contributed by atoms with Gasteiger partial charge in [0.2, 0.25) is 0 Å². The van der Waals surface area contributed by atoms with Gasteiger partial charge < -0.3 is 10.6 Å². The summed E-state index contributed by atoms with van der Waals surface area (Å²) in [5.41, 5.74) is 6.32. The topological polar surface area (TPSA) is 46.3 Å². The van der Waals surface area contributed by atoms with E-state index in [9.17, 15) is 13.6 Å². The average molecular weight is 282 g/mol. The first kappa shape index (κ1) is 13.5. The van der Waals surface area contributed by atoms with Gasteiger partial charge in [-0.2, -0.15) is 0 Å². The lowest BCUT2D eigenvalue weighted by Crippen LogP contribution is -2.26. The summed E-state index contributed by atoms with van der Waals surface area (Å²) >= 11 is 1.23. The highest BCUT2D eigenvalue weighted by atomic mass is 32.1. The second-order valence-electron chi connectivity index (χ2n) is 4.10. The minimum Gasteiger partial charge on any atom is -0.397 e. The van der Waals surface area contributed by atoms with Crippen LogP contribution in [0.3, 0.4) is 0 Å². The smallest absolute Gasteiger partial charge is 0.266 e. The molecule has 6 heteroatoms. The Morgan fingerprint density at radius 2 is 2.11 bits per heavy atom. The van der Waals surface area contributed by atoms with E-state index in [1.165, 1.54) is 22.3 Å². The number of nitrogens with zero attached hydrogens (tertiary/aromatic N) is 1. The molecule has 1 amide bonds. The molecule has 0 fully saturated rings. The molecular formula is C13H12F2N2OS. The van der Waals surface area contributed by atoms with Crippen LogP contribution >= 0.6 is 11.3 Å². The fourth-order valence-electron chi connectivity index (χ4n) is 1.64. The van der Waals surface area contributed by atoms with Crippen LogP contribution in [-0.2, 0) is 6.54 Å². The van der Waals surface area contributed by atoms with Crippen molar-refractivity contribution in [3.8, 4) is 0 Å². The number of rotatable bonds is 3. The summed E-state index contributed by atoms with van der Waals surface area (Å²) in [7, 11) is 1.55. The van der Waals surface area contributed by atoms with Gasteiger partial charge in [-0.3, -0.25) is 4.79 Å². The predicted molar refractivity (Wildman–Crippen MR) is 70.9 cm³/mol. The molecule has 0 aliphatic carbocycles. The van der Waals surface area contributed by atoms with Crippen LogP contribution in [0.1, 0.15) is 15.2 Å². The van der Waals surface area contributed by atoms with Gasteiger partial charge in [-0.25, -0.2) is 8.78 Å². The number of carbonyl (C=O) groups excluding carboxylic acids is 1. The van der Waals surface area contributed by atoms with E-state index in [4.69, 9.17) is 5.73 Å². The number of nitrogen functional groups attached to an aromatic ring is 1. The molecular weight excluding hydrogens is 270 g/mol. The molecule has 1 aromatic heterocycles. The largest absolute Gasteiger partial charge is 0.397 e. The predicted octanol–water partition coefficient (Wildman–Crippen LogP) is 2.88. The van der Waals surface area contributed by atoms with Gasteiger partial charge in [-0.1, -0.05) is 6.07 Å². The van der Waals surface area contributed by atoms with Crippen LogP contribution in [0.2, 0.25) is 0 Å². The van der Waals surface area contributed by atoms with Crippen molar-refractivity contribution in [2.45, 2.75) is 6.54 Å². The second kappa shape index (κ2) is 5.36. The lowest BCUT2D eigenvalue weighted by molar-refractivity contribution is 0.0789. The quantitative estimate of drug-likeness (QED) is 0.941. The summed E-state index contributed by atoms with van der Waals surface area (Å²) in [6.07, 6.45) is 0. The highest BCUT2D eigenvalue weighted by Crippen LogP contribution is 2.21. The number of nitrogens with two attached hydrogens (primary N) is 1. The summed E-state index contributed by atoms with van der Waals surface area (Å²) in [5, 5.41) is 1.72. The van der Waals surface area contributed by atoms with E-state index < -0.39 is 11.6 Å². The van der Waals surface area contributed by atoms with E-state index in [-0.39, 0.29) is 18.0 Å². The lowest BCUT2D eigenvalue weighted by atomic mass is 10.2. The van der Waals surface area contributed by atoms with Crippen LogP contribution in [0, 0.1) is 11.6 Å². The summed E-state index contributed by atoms with van der Waals surface area (Å²) < 4.78 is 26.3. The molecule has 3 nitrogen and oxygen atoms in total. The van der Waals surface area contributed by atoms with Crippen LogP contribution in [0.4, 0.5) is 14.5 Å². The third-order valence-electron chi connectivity index (χ3n) is 2.66. The molecule has 2 N–H and O–H groups in total. The Labute approximate surface area is 113 Å². The summed E-state index contributed by atoms with van der Waals surface area (Å²) in [6.45, 7) is 0.0578. The van der Waals surface area contributed by atoms with E-state index in [1.54, 1.807) is 18.5 Å². The Bertz CT molecular complexity index is 612. The number of hydrogen-bond acceptors (Lipinski definition) is 3. The van der Waals surface area contributed by atoms with Crippen molar-refractivity contribution in [1.82, 2.24) is 4.90 Å². The average Bonchev–Trinajstić information content (AvgIpc) is 2.78. The molecule has 100 valence electrons. The summed E-state index contributed by atoms with van der Waals surface area (Å²) in [4.78, 5) is 13.8. The van der Waals surface area contributed by atoms with Crippen LogP contribution in [-0.4, -0.2) is 17.9 Å². The zero-order valence-corrected chi connectivity index (χ0v) is 11.0. The highest BCUT2D eigenvalue weighted by molar-refractivity contribution is 7.12. The third-order valence-corrected chi connectivity index (χ3v) is 3.58. The Hall–Kier alpha value is -1.95. The van der Waals surface area contributed by atoms with Crippen molar-refractivity contribution in [3.63, 3.8) is 0 Å². The molecule has 0 spiro atoms. The van der Waals surface area contributed by atoms with Crippen molar-refractivity contribution < 1.29 is 13.6 Å². The molecule has 0 unspecified atom stereocenters. The number of benzene rings is 1. The number of anilines is 1. The van der Waals surface area contributed by atoms with Crippen molar-refractivity contribution >= 4 is 22.9 Å². The minimum atomic E-state index is -0.668. The Morgan fingerprint density at radius 3 is 2.68 bits per heavy atom. The fourth-order valence-corrected chi connectivity index (χ4v) is 2.46. The van der Waals surface area contributed by atoms with Crippen LogP contribution < -0.4 is 5.73 Å². The molecule has 0 atom stereocenters. The molecule has 2 rings (SSSR count). The number of carbonyl (C=O) groups is 1. The molecule has 0 aliphatic heterocycles. The summed E-state index contributed by atoms with van der Waals surface area (Å²) in [6, 6.07) is 4.93. The molecule has 0 saturated carbocycles. The maximum atomic E-state index is 13.5. The second-order valence-corrected chi connectivity index (χ2v) is 5.02. The molecule has 2 aromatic rings. The van der Waals surface area contributed by atoms with Crippen LogP contribution in [0.5, 0.6) is 0 Å². The third kappa shape index (κ3) is 2.90. The Balaban J connectivity index is 2.15. The van der Waals surface area contributed by atoms with Crippen LogP contribution in [0.25, 0.3) is 0 Å². The Kier molecular flexibility index (Phi) is 3.80. The molecule has 0 aliphatic rings. The Morgan fingerprint density at radius 1 is 1.37 bits per heavy atom. The van der Waals surface area contributed by atoms with Crippen LogP contribution in [0.15, 0.2) is 29.6 Å². The van der Waals surface area contributed by atoms with Crippen molar-refractivity contribution in [1.29, 1.82) is 0 Å². The number of halogens is 2. The van der Waals surface area contributed by atoms with Crippen molar-refractivity contribution in [2.75, 3.05) is 12.8 Å². The SMILES string of the molecule is CN(Cc1ccc(F)cc1F)C(=O)c1sccc1N. The molecule has 1 aromatic carbocycles. The van der Waals surface area contributed by atoms with Gasteiger partial charge in [-0.15, -0.1) is 11.3 Å². The standard InChI is InChI=1S/C13H12F2N2OS/c1-17(13(18)12-11(16)4-5-19-12)7-8-2-3-9(14)6-10(8)15/h2-6H,7,16H2,1H3. The zero-order chi connectivity index (χ0) is 14.0. The normalized spacial score (nSPS) is 10.5. The van der Waals surface area contributed by atoms with Gasteiger partial charge in [0.05, 0.1) is 5.69 Å². The van der Waals surface area contributed by atoms with Gasteiger partial charge in [-0.05, 0) is 17.5 Å². The van der Waals surface area contributed by atoms with E-state index in [0.29, 0.717) is 10.6 Å². The first-order valence-corrected chi connectivity index (χ1v) is 6.39. The van der Waals surface area contributed by atoms with Gasteiger partial charge in [0.25, 0.3) is 5.91 Å². The van der Waals surface area contributed by atoms with Gasteiger partial charge >= 0.3 is 0 Å². The van der Waals surface area contributed by atoms with Gasteiger partial charge in [0.1, 0.15) is 16.5 Å². The molecule has 0 saturated heterocycles. The van der Waals surface area contributed by atoms with E-state index in [0.717, 1.165) is 12.1 Å². The van der Waals surface area contributed by atoms with Gasteiger partial charge in [0, 0.05) is 25.2 Å². The van der Waals surface area contributed by atoms with Gasteiger partial charge in [0.15, 0.2) is 0 Å². The zero-order valence-electron chi connectivity index (χ0n) is 10.2. The molecule has 0 bridgehead atoms. The first-order valence-electron chi connectivity index (χ1n) is 5.51. The maximum absolute atomic E-state index is 13.5. The maximum Gasteiger partial charge on any atom is 0.266 e. The highest BCUT2D eigenvalue weighted by Gasteiger charge is 2.17. The van der Waals surface area contributed by atoms with E-state index >= 15 is 0 Å². The van der Waals surface area contributed by atoms with Crippen molar-refractivity contribution in [2.24, 2.45) is 0 Å². The molecule has 1 heterocycles. The molecule has 0 radical (unpaired) electrons. The number of amides is 1. The number of hydrogen-bond donors (Lipinski definition) is 1. The monoisotopic (exact) mass is 282 g/mol. The fraction of sp³-hybridized carbons (Fsp3) is 0.154. The van der Waals surface area contributed by atoms with E-state index in [1.807, 2.05) is 0 Å². The molecule has 19 heavy (non-hydrogen) atoms. The first-order chi connectivity index (χ1) is 8.99. The minimum absolute atomic E-state index is 0.0578. The lowest BCUT2D eigenvalue weighted by Gasteiger charge is -2.17. The van der Waals surface area contributed by atoms with E-state index in [2.05, 4.69) is 0 Å².